The summed E-state index contributed by atoms with van der Waals surface area (Å²) in [6.45, 7) is 2.88. The minimum absolute atomic E-state index is 0.0233. The molecular formula is C21H25N5O2. The number of benzene rings is 1. The van der Waals surface area contributed by atoms with Crippen LogP contribution in [0.2, 0.25) is 0 Å². The van der Waals surface area contributed by atoms with E-state index >= 15 is 0 Å². The Morgan fingerprint density at radius 3 is 2.46 bits per heavy atom. The topological polar surface area (TPSA) is 55.5 Å². The molecule has 28 heavy (non-hydrogen) atoms. The van der Waals surface area contributed by atoms with E-state index < -0.39 is 0 Å². The van der Waals surface area contributed by atoms with E-state index in [9.17, 15) is 4.79 Å². The molecule has 7 nitrogen and oxygen atoms in total. The lowest BCUT2D eigenvalue weighted by atomic mass is 10.2. The number of rotatable bonds is 4. The molecule has 0 bridgehead atoms. The van der Waals surface area contributed by atoms with Crippen LogP contribution >= 0.6 is 0 Å². The van der Waals surface area contributed by atoms with Gasteiger partial charge in [0, 0.05) is 46.5 Å². The summed E-state index contributed by atoms with van der Waals surface area (Å²) in [5, 5.41) is 4.54. The third-order valence-corrected chi connectivity index (χ3v) is 5.30. The molecule has 0 spiro atoms. The summed E-state index contributed by atoms with van der Waals surface area (Å²) in [4.78, 5) is 17.2. The van der Waals surface area contributed by atoms with Gasteiger partial charge in [-0.25, -0.2) is 0 Å². The summed E-state index contributed by atoms with van der Waals surface area (Å²) in [5.74, 6) is 0.885. The second-order valence-electron chi connectivity index (χ2n) is 6.99. The fraction of sp³-hybridized carbons (Fsp3) is 0.333. The zero-order valence-electron chi connectivity index (χ0n) is 16.5. The monoisotopic (exact) mass is 379 g/mol. The van der Waals surface area contributed by atoms with Gasteiger partial charge in [-0.1, -0.05) is 12.1 Å². The van der Waals surface area contributed by atoms with E-state index in [1.54, 1.807) is 11.8 Å². The van der Waals surface area contributed by atoms with E-state index in [1.165, 1.54) is 0 Å². The molecule has 1 aliphatic heterocycles. The molecule has 0 N–H and O–H groups in total. The molecule has 0 radical (unpaired) electrons. The quantitative estimate of drug-likeness (QED) is 0.699. The molecule has 0 saturated carbocycles. The number of ether oxygens (including phenoxy) is 1. The second kappa shape index (κ2) is 7.42. The van der Waals surface area contributed by atoms with Gasteiger partial charge in [-0.3, -0.25) is 9.48 Å². The average Bonchev–Trinajstić information content (AvgIpc) is 3.32. The van der Waals surface area contributed by atoms with Crippen LogP contribution in [0.25, 0.3) is 11.4 Å². The molecule has 3 aromatic rings. The van der Waals surface area contributed by atoms with Crippen molar-refractivity contribution < 1.29 is 9.53 Å². The van der Waals surface area contributed by atoms with Gasteiger partial charge in [0.05, 0.1) is 18.5 Å². The van der Waals surface area contributed by atoms with E-state index in [1.807, 2.05) is 66.2 Å². The zero-order valence-corrected chi connectivity index (χ0v) is 16.5. The van der Waals surface area contributed by atoms with Crippen LogP contribution in [0.1, 0.15) is 10.5 Å². The number of anilines is 1. The number of carbonyl (C=O) groups excluding carboxylic acids is 1. The summed E-state index contributed by atoms with van der Waals surface area (Å²) in [6, 6.07) is 13.9. The van der Waals surface area contributed by atoms with E-state index in [4.69, 9.17) is 4.74 Å². The molecule has 1 saturated heterocycles. The normalized spacial score (nSPS) is 14.4. The first-order chi connectivity index (χ1) is 13.6. The lowest BCUT2D eigenvalue weighted by Gasteiger charge is -2.36. The largest absolute Gasteiger partial charge is 0.495 e. The van der Waals surface area contributed by atoms with Gasteiger partial charge < -0.3 is 19.1 Å². The fourth-order valence-electron chi connectivity index (χ4n) is 3.72. The van der Waals surface area contributed by atoms with E-state index in [0.29, 0.717) is 18.8 Å². The number of hydrogen-bond acceptors (Lipinski definition) is 4. The number of para-hydroxylation sites is 2. The molecule has 1 aromatic carbocycles. The highest BCUT2D eigenvalue weighted by molar-refractivity contribution is 5.93. The van der Waals surface area contributed by atoms with Crippen LogP contribution in [-0.4, -0.2) is 58.4 Å². The van der Waals surface area contributed by atoms with E-state index in [-0.39, 0.29) is 5.91 Å². The zero-order chi connectivity index (χ0) is 19.7. The summed E-state index contributed by atoms with van der Waals surface area (Å²) < 4.78 is 9.15. The number of amides is 1. The third-order valence-electron chi connectivity index (χ3n) is 5.30. The number of aromatic nitrogens is 3. The summed E-state index contributed by atoms with van der Waals surface area (Å²) in [6.07, 6.45) is 1.97. The number of piperazine rings is 1. The van der Waals surface area contributed by atoms with Gasteiger partial charge in [0.25, 0.3) is 5.91 Å². The minimum atomic E-state index is 0.0233. The number of aryl methyl sites for hydroxylation is 2. The average molecular weight is 379 g/mol. The number of carbonyl (C=O) groups is 1. The predicted molar refractivity (Wildman–Crippen MR) is 109 cm³/mol. The van der Waals surface area contributed by atoms with Gasteiger partial charge in [0.1, 0.15) is 17.1 Å². The molecule has 146 valence electrons. The third kappa shape index (κ3) is 3.24. The van der Waals surface area contributed by atoms with Crippen molar-refractivity contribution in [3.05, 3.63) is 54.4 Å². The van der Waals surface area contributed by atoms with Crippen molar-refractivity contribution in [3.63, 3.8) is 0 Å². The van der Waals surface area contributed by atoms with Gasteiger partial charge in [0.15, 0.2) is 0 Å². The van der Waals surface area contributed by atoms with Crippen molar-refractivity contribution in [2.75, 3.05) is 38.2 Å². The first kappa shape index (κ1) is 18.2. The summed E-state index contributed by atoms with van der Waals surface area (Å²) in [7, 11) is 5.48. The molecule has 0 unspecified atom stereocenters. The van der Waals surface area contributed by atoms with Crippen molar-refractivity contribution in [2.24, 2.45) is 14.1 Å². The number of hydrogen-bond donors (Lipinski definition) is 0. The Kier molecular flexibility index (Phi) is 4.81. The summed E-state index contributed by atoms with van der Waals surface area (Å²) >= 11 is 0. The Labute approximate surface area is 164 Å². The lowest BCUT2D eigenvalue weighted by molar-refractivity contribution is 0.0735. The molecule has 0 atom stereocenters. The van der Waals surface area contributed by atoms with Gasteiger partial charge in [0.2, 0.25) is 0 Å². The molecular weight excluding hydrogens is 354 g/mol. The predicted octanol–water partition coefficient (Wildman–Crippen LogP) is 2.40. The highest BCUT2D eigenvalue weighted by Gasteiger charge is 2.26. The van der Waals surface area contributed by atoms with Crippen LogP contribution in [0.15, 0.2) is 48.7 Å². The minimum Gasteiger partial charge on any atom is -0.495 e. The standard InChI is InChI=1S/C21H25N5O2/c1-23-10-6-8-17(23)16-15-19(24(2)22-16)21(27)26-13-11-25(12-14-26)18-7-4-5-9-20(18)28-3/h4-10,15H,11-14H2,1-3H3. The Hall–Kier alpha value is -3.22. The van der Waals surface area contributed by atoms with Gasteiger partial charge in [-0.15, -0.1) is 0 Å². The number of nitrogens with zero attached hydrogens (tertiary/aromatic N) is 5. The van der Waals surface area contributed by atoms with Crippen LogP contribution in [0.3, 0.4) is 0 Å². The molecule has 1 aliphatic rings. The smallest absolute Gasteiger partial charge is 0.272 e. The lowest BCUT2D eigenvalue weighted by Crippen LogP contribution is -2.49. The van der Waals surface area contributed by atoms with Crippen LogP contribution in [0, 0.1) is 0 Å². The van der Waals surface area contributed by atoms with Crippen LogP contribution < -0.4 is 9.64 Å². The number of methoxy groups -OCH3 is 1. The van der Waals surface area contributed by atoms with Gasteiger partial charge in [-0.05, 0) is 30.3 Å². The Balaban J connectivity index is 1.47. The second-order valence-corrected chi connectivity index (χ2v) is 6.99. The first-order valence-corrected chi connectivity index (χ1v) is 9.41. The highest BCUT2D eigenvalue weighted by Crippen LogP contribution is 2.28. The van der Waals surface area contributed by atoms with Crippen molar-refractivity contribution in [1.82, 2.24) is 19.2 Å². The Bertz CT molecular complexity index is 982. The van der Waals surface area contributed by atoms with Crippen LogP contribution in [0.4, 0.5) is 5.69 Å². The molecule has 1 fully saturated rings. The Morgan fingerprint density at radius 2 is 1.79 bits per heavy atom. The first-order valence-electron chi connectivity index (χ1n) is 9.41. The van der Waals surface area contributed by atoms with Crippen molar-refractivity contribution in [3.8, 4) is 17.1 Å². The summed E-state index contributed by atoms with van der Waals surface area (Å²) in [5.41, 5.74) is 3.49. The maximum absolute atomic E-state index is 13.1. The van der Waals surface area contributed by atoms with Crippen molar-refractivity contribution >= 4 is 11.6 Å². The van der Waals surface area contributed by atoms with Crippen LogP contribution in [0.5, 0.6) is 5.75 Å². The van der Waals surface area contributed by atoms with Gasteiger partial charge in [-0.2, -0.15) is 5.10 Å². The molecule has 7 heteroatoms. The van der Waals surface area contributed by atoms with Crippen molar-refractivity contribution in [2.45, 2.75) is 0 Å². The molecule has 2 aromatic heterocycles. The molecule has 4 rings (SSSR count). The van der Waals surface area contributed by atoms with E-state index in [2.05, 4.69) is 16.1 Å². The molecule has 0 aliphatic carbocycles. The molecule has 3 heterocycles. The van der Waals surface area contributed by atoms with Crippen LogP contribution in [-0.2, 0) is 14.1 Å². The maximum atomic E-state index is 13.1. The van der Waals surface area contributed by atoms with Gasteiger partial charge >= 0.3 is 0 Å². The fourth-order valence-corrected chi connectivity index (χ4v) is 3.72. The molecule has 1 amide bonds. The maximum Gasteiger partial charge on any atom is 0.272 e. The van der Waals surface area contributed by atoms with Crippen molar-refractivity contribution in [1.29, 1.82) is 0 Å². The Morgan fingerprint density at radius 1 is 1.04 bits per heavy atom. The van der Waals surface area contributed by atoms with E-state index in [0.717, 1.165) is 35.9 Å². The highest BCUT2D eigenvalue weighted by atomic mass is 16.5. The SMILES string of the molecule is COc1ccccc1N1CCN(C(=O)c2cc(-c3cccn3C)nn2C)CC1.